The first kappa shape index (κ1) is 12.3. The molecule has 0 bridgehead atoms. The molecule has 0 fully saturated rings. The van der Waals surface area contributed by atoms with Gasteiger partial charge >= 0.3 is 0 Å². The summed E-state index contributed by atoms with van der Waals surface area (Å²) >= 11 is 0. The second-order valence-corrected chi connectivity index (χ2v) is 8.92. The lowest BCUT2D eigenvalue weighted by atomic mass is 10.2. The van der Waals surface area contributed by atoms with Gasteiger partial charge in [0.05, 0.1) is 0 Å². The molecule has 2 nitrogen and oxygen atoms in total. The quantitative estimate of drug-likeness (QED) is 0.769. The van der Waals surface area contributed by atoms with Crippen LogP contribution in [0.3, 0.4) is 0 Å². The predicted octanol–water partition coefficient (Wildman–Crippen LogP) is 2.79. The molecule has 1 rings (SSSR count). The zero-order chi connectivity index (χ0) is 11.5. The summed E-state index contributed by atoms with van der Waals surface area (Å²) in [6.45, 7) is 8.19. The zero-order valence-corrected chi connectivity index (χ0v) is 11.0. The summed E-state index contributed by atoms with van der Waals surface area (Å²) in [6, 6.07) is 9.46. The lowest BCUT2D eigenvalue weighted by molar-refractivity contribution is 0.548. The molecule has 0 saturated heterocycles. The van der Waals surface area contributed by atoms with Crippen molar-refractivity contribution in [1.29, 1.82) is 0 Å². The van der Waals surface area contributed by atoms with Crippen molar-refractivity contribution in [2.75, 3.05) is 5.32 Å². The van der Waals surface area contributed by atoms with Crippen LogP contribution in [-0.2, 0) is 6.04 Å². The molecule has 0 aliphatic carbocycles. The van der Waals surface area contributed by atoms with Gasteiger partial charge in [0, 0.05) is 11.7 Å². The number of para-hydroxylation sites is 1. The van der Waals surface area contributed by atoms with Gasteiger partial charge in [0.15, 0.2) is 8.32 Å². The minimum Gasteiger partial charge on any atom is -0.432 e. The Labute approximate surface area is 93.5 Å². The van der Waals surface area contributed by atoms with E-state index in [0.29, 0.717) is 6.04 Å². The number of hydrogen-bond acceptors (Lipinski definition) is 2. The van der Waals surface area contributed by atoms with E-state index < -0.39 is 8.32 Å². The van der Waals surface area contributed by atoms with Crippen LogP contribution in [0.1, 0.15) is 19.4 Å². The summed E-state index contributed by atoms with van der Waals surface area (Å²) in [5.41, 5.74) is 2.38. The molecule has 0 atom stereocenters. The van der Waals surface area contributed by atoms with E-state index in [9.17, 15) is 4.80 Å². The fraction of sp³-hybridized carbons (Fsp3) is 0.500. The maximum atomic E-state index is 9.94. The van der Waals surface area contributed by atoms with Crippen molar-refractivity contribution in [3.05, 3.63) is 29.8 Å². The minimum absolute atomic E-state index is 0.426. The Hall–Kier alpha value is -0.803. The maximum Gasteiger partial charge on any atom is 0.186 e. The standard InChI is InChI=1S/C12H21NOSi/c1-10(2)13-12-8-6-5-7-11(12)9-15(3,4)14/h5-8,10,13-14H,9H2,1-4H3. The lowest BCUT2D eigenvalue weighted by Crippen LogP contribution is -2.29. The van der Waals surface area contributed by atoms with E-state index in [0.717, 1.165) is 11.7 Å². The Balaban J connectivity index is 2.86. The van der Waals surface area contributed by atoms with Gasteiger partial charge in [-0.1, -0.05) is 18.2 Å². The molecule has 3 heteroatoms. The van der Waals surface area contributed by atoms with E-state index in [1.54, 1.807) is 0 Å². The average Bonchev–Trinajstić information content (AvgIpc) is 2.05. The fourth-order valence-electron chi connectivity index (χ4n) is 1.59. The molecule has 0 spiro atoms. The number of benzene rings is 1. The first-order chi connectivity index (χ1) is 6.88. The highest BCUT2D eigenvalue weighted by atomic mass is 28.4. The Morgan fingerprint density at radius 1 is 1.27 bits per heavy atom. The molecule has 15 heavy (non-hydrogen) atoms. The second kappa shape index (κ2) is 4.81. The first-order valence-electron chi connectivity index (χ1n) is 5.45. The van der Waals surface area contributed by atoms with E-state index in [4.69, 9.17) is 0 Å². The topological polar surface area (TPSA) is 32.3 Å². The number of rotatable bonds is 4. The van der Waals surface area contributed by atoms with Crippen LogP contribution >= 0.6 is 0 Å². The van der Waals surface area contributed by atoms with Gasteiger partial charge in [-0.25, -0.2) is 0 Å². The van der Waals surface area contributed by atoms with E-state index in [2.05, 4.69) is 31.3 Å². The van der Waals surface area contributed by atoms with Gasteiger partial charge in [-0.2, -0.15) is 0 Å². The molecular formula is C12H21NOSi. The molecule has 0 heterocycles. The Morgan fingerprint density at radius 2 is 1.87 bits per heavy atom. The van der Waals surface area contributed by atoms with Crippen LogP contribution in [-0.4, -0.2) is 19.2 Å². The molecule has 0 aliphatic rings. The van der Waals surface area contributed by atoms with Gasteiger partial charge < -0.3 is 10.1 Å². The predicted molar refractivity (Wildman–Crippen MR) is 68.6 cm³/mol. The summed E-state index contributed by atoms with van der Waals surface area (Å²) in [5.74, 6) is 0. The minimum atomic E-state index is -2.02. The van der Waals surface area contributed by atoms with Crippen molar-refractivity contribution in [2.45, 2.75) is 39.0 Å². The number of nitrogens with one attached hydrogen (secondary N) is 1. The van der Waals surface area contributed by atoms with E-state index in [1.807, 2.05) is 25.2 Å². The molecule has 0 amide bonds. The largest absolute Gasteiger partial charge is 0.432 e. The highest BCUT2D eigenvalue weighted by Gasteiger charge is 2.19. The van der Waals surface area contributed by atoms with Crippen molar-refractivity contribution in [3.63, 3.8) is 0 Å². The number of hydrogen-bond donors (Lipinski definition) is 2. The third-order valence-electron chi connectivity index (χ3n) is 2.08. The summed E-state index contributed by atoms with van der Waals surface area (Å²) < 4.78 is 0. The van der Waals surface area contributed by atoms with Crippen molar-refractivity contribution < 1.29 is 4.80 Å². The lowest BCUT2D eigenvalue weighted by Gasteiger charge is -2.19. The van der Waals surface area contributed by atoms with Crippen molar-refractivity contribution in [2.24, 2.45) is 0 Å². The van der Waals surface area contributed by atoms with Crippen molar-refractivity contribution in [1.82, 2.24) is 0 Å². The van der Waals surface area contributed by atoms with Crippen LogP contribution in [0.2, 0.25) is 13.1 Å². The summed E-state index contributed by atoms with van der Waals surface area (Å²) in [6.07, 6.45) is 0. The van der Waals surface area contributed by atoms with Crippen LogP contribution in [0.25, 0.3) is 0 Å². The summed E-state index contributed by atoms with van der Waals surface area (Å²) in [7, 11) is -2.02. The molecule has 1 aromatic carbocycles. The molecule has 0 saturated carbocycles. The highest BCUT2D eigenvalue weighted by Crippen LogP contribution is 2.19. The normalized spacial score (nSPS) is 11.9. The van der Waals surface area contributed by atoms with Gasteiger partial charge in [0.25, 0.3) is 0 Å². The Bertz CT molecular complexity index is 318. The third kappa shape index (κ3) is 4.49. The molecule has 0 aliphatic heterocycles. The van der Waals surface area contributed by atoms with Crippen molar-refractivity contribution >= 4 is 14.0 Å². The maximum absolute atomic E-state index is 9.94. The molecule has 0 unspecified atom stereocenters. The van der Waals surface area contributed by atoms with Crippen LogP contribution in [0.15, 0.2) is 24.3 Å². The second-order valence-electron chi connectivity index (χ2n) is 4.95. The molecule has 84 valence electrons. The Kier molecular flexibility index (Phi) is 3.94. The van der Waals surface area contributed by atoms with Gasteiger partial charge in [0.1, 0.15) is 0 Å². The van der Waals surface area contributed by atoms with Gasteiger partial charge in [-0.3, -0.25) is 0 Å². The Morgan fingerprint density at radius 3 is 2.40 bits per heavy atom. The summed E-state index contributed by atoms with van der Waals surface area (Å²) in [4.78, 5) is 9.94. The molecule has 0 radical (unpaired) electrons. The van der Waals surface area contributed by atoms with Crippen molar-refractivity contribution in [3.8, 4) is 0 Å². The van der Waals surface area contributed by atoms with Gasteiger partial charge in [0.2, 0.25) is 0 Å². The molecule has 1 aromatic rings. The van der Waals surface area contributed by atoms with Gasteiger partial charge in [-0.05, 0) is 44.6 Å². The average molecular weight is 223 g/mol. The third-order valence-corrected chi connectivity index (χ3v) is 3.33. The first-order valence-corrected chi connectivity index (χ1v) is 8.61. The van der Waals surface area contributed by atoms with Crippen LogP contribution in [0, 0.1) is 0 Å². The van der Waals surface area contributed by atoms with Crippen LogP contribution in [0.4, 0.5) is 5.69 Å². The van der Waals surface area contributed by atoms with Crippen LogP contribution in [0.5, 0.6) is 0 Å². The smallest absolute Gasteiger partial charge is 0.186 e. The highest BCUT2D eigenvalue weighted by molar-refractivity contribution is 6.69. The summed E-state index contributed by atoms with van der Waals surface area (Å²) in [5, 5.41) is 3.41. The molecule has 2 N–H and O–H groups in total. The van der Waals surface area contributed by atoms with E-state index >= 15 is 0 Å². The van der Waals surface area contributed by atoms with E-state index in [-0.39, 0.29) is 0 Å². The zero-order valence-electron chi connectivity index (χ0n) is 10.0. The fourth-order valence-corrected chi connectivity index (χ4v) is 2.83. The van der Waals surface area contributed by atoms with Crippen LogP contribution < -0.4 is 5.32 Å². The van der Waals surface area contributed by atoms with E-state index in [1.165, 1.54) is 5.56 Å². The number of anilines is 1. The molecular weight excluding hydrogens is 202 g/mol. The monoisotopic (exact) mass is 223 g/mol. The molecule has 0 aromatic heterocycles. The SMILES string of the molecule is CC(C)Nc1ccccc1C[Si](C)(C)O. The van der Waals surface area contributed by atoms with Gasteiger partial charge in [-0.15, -0.1) is 0 Å².